The number of fused-ring (bicyclic) bond motifs is 1. The van der Waals surface area contributed by atoms with Gasteiger partial charge in [-0.25, -0.2) is 0 Å². The number of likely N-dealkylation sites (tertiary alicyclic amines) is 1. The third kappa shape index (κ3) is 5.33. The Kier molecular flexibility index (Phi) is 7.47. The van der Waals surface area contributed by atoms with E-state index in [1.165, 1.54) is 16.7 Å². The van der Waals surface area contributed by atoms with E-state index in [0.717, 1.165) is 42.6 Å². The van der Waals surface area contributed by atoms with Crippen LogP contribution in [0.2, 0.25) is 0 Å². The number of para-hydroxylation sites is 1. The molecule has 2 aliphatic rings. The van der Waals surface area contributed by atoms with Gasteiger partial charge in [0, 0.05) is 24.5 Å². The Bertz CT molecular complexity index is 958. The molecule has 1 N–H and O–H groups in total. The maximum absolute atomic E-state index is 13.4. The number of rotatable bonds is 6. The number of carbonyl (C=O) groups excluding carboxylic acids is 3. The van der Waals surface area contributed by atoms with Gasteiger partial charge in [-0.1, -0.05) is 55.3 Å². The average Bonchev–Trinajstić information content (AvgIpc) is 3.11. The molecule has 0 bridgehead atoms. The Morgan fingerprint density at radius 2 is 1.62 bits per heavy atom. The maximum atomic E-state index is 13.4. The first-order valence-corrected chi connectivity index (χ1v) is 12.2. The van der Waals surface area contributed by atoms with Crippen molar-refractivity contribution in [1.29, 1.82) is 0 Å². The topological polar surface area (TPSA) is 69.7 Å². The molecule has 3 amide bonds. The van der Waals surface area contributed by atoms with Gasteiger partial charge in [0.2, 0.25) is 11.8 Å². The summed E-state index contributed by atoms with van der Waals surface area (Å²) in [4.78, 5) is 43.4. The number of nitrogens with one attached hydrogen (secondary N) is 1. The Hall–Kier alpha value is -2.80. The lowest BCUT2D eigenvalue weighted by Gasteiger charge is -2.34. The van der Waals surface area contributed by atoms with Crippen molar-refractivity contribution in [2.24, 2.45) is 0 Å². The van der Waals surface area contributed by atoms with E-state index >= 15 is 0 Å². The molecule has 7 heteroatoms. The van der Waals surface area contributed by atoms with Crippen LogP contribution in [0.25, 0.3) is 0 Å². The highest BCUT2D eigenvalue weighted by Gasteiger charge is 2.40. The van der Waals surface area contributed by atoms with Crippen LogP contribution < -0.4 is 10.2 Å². The summed E-state index contributed by atoms with van der Waals surface area (Å²) in [6.45, 7) is 1.81. The van der Waals surface area contributed by atoms with Gasteiger partial charge in [-0.2, -0.15) is 0 Å². The van der Waals surface area contributed by atoms with E-state index < -0.39 is 5.25 Å². The third-order valence-electron chi connectivity index (χ3n) is 5.91. The predicted octanol–water partition coefficient (Wildman–Crippen LogP) is 3.26. The molecule has 2 aliphatic heterocycles. The zero-order valence-electron chi connectivity index (χ0n) is 18.2. The van der Waals surface area contributed by atoms with Gasteiger partial charge in [0.1, 0.15) is 6.54 Å². The van der Waals surface area contributed by atoms with Gasteiger partial charge in [-0.3, -0.25) is 14.4 Å². The highest BCUT2D eigenvalue weighted by atomic mass is 32.2. The molecule has 0 radical (unpaired) electrons. The summed E-state index contributed by atoms with van der Waals surface area (Å²) in [6.07, 6.45) is 4.91. The molecular formula is C25H29N3O3S. The number of benzene rings is 2. The van der Waals surface area contributed by atoms with Gasteiger partial charge in [-0.15, -0.1) is 11.8 Å². The van der Waals surface area contributed by atoms with Crippen LogP contribution in [0.15, 0.2) is 59.5 Å². The number of thioether (sulfide) groups is 1. The number of carbonyl (C=O) groups is 3. The van der Waals surface area contributed by atoms with Crippen molar-refractivity contribution >= 4 is 35.2 Å². The van der Waals surface area contributed by atoms with Crippen molar-refractivity contribution in [2.75, 3.05) is 31.1 Å². The fourth-order valence-electron chi connectivity index (χ4n) is 4.18. The first kappa shape index (κ1) is 22.4. The van der Waals surface area contributed by atoms with Gasteiger partial charge >= 0.3 is 0 Å². The molecule has 0 aromatic heterocycles. The van der Waals surface area contributed by atoms with E-state index in [4.69, 9.17) is 0 Å². The molecule has 32 heavy (non-hydrogen) atoms. The van der Waals surface area contributed by atoms with Crippen molar-refractivity contribution in [3.63, 3.8) is 0 Å². The van der Waals surface area contributed by atoms with E-state index in [9.17, 15) is 14.4 Å². The second kappa shape index (κ2) is 10.7. The van der Waals surface area contributed by atoms with Crippen LogP contribution in [-0.2, 0) is 20.8 Å². The summed E-state index contributed by atoms with van der Waals surface area (Å²) in [5.74, 6) is -0.663. The molecule has 0 aliphatic carbocycles. The van der Waals surface area contributed by atoms with Gasteiger partial charge < -0.3 is 15.1 Å². The number of amides is 3. The van der Waals surface area contributed by atoms with E-state index in [1.807, 2.05) is 59.5 Å². The van der Waals surface area contributed by atoms with Crippen LogP contribution in [-0.4, -0.2) is 54.1 Å². The Morgan fingerprint density at radius 3 is 2.38 bits per heavy atom. The summed E-state index contributed by atoms with van der Waals surface area (Å²) >= 11 is 1.31. The zero-order valence-corrected chi connectivity index (χ0v) is 19.0. The van der Waals surface area contributed by atoms with Crippen LogP contribution in [0.1, 0.15) is 31.2 Å². The van der Waals surface area contributed by atoms with E-state index in [2.05, 4.69) is 5.32 Å². The first-order valence-electron chi connectivity index (χ1n) is 11.3. The fraction of sp³-hybridized carbons (Fsp3) is 0.400. The van der Waals surface area contributed by atoms with Gasteiger partial charge in [-0.05, 0) is 37.0 Å². The SMILES string of the molecule is O=C(CN1C(=O)[C@H](C(=O)N2CCCCCC2)Sc2ccccc21)NCCc1ccccc1. The highest BCUT2D eigenvalue weighted by Crippen LogP contribution is 2.39. The van der Waals surface area contributed by atoms with Gasteiger partial charge in [0.15, 0.2) is 5.25 Å². The van der Waals surface area contributed by atoms with E-state index in [-0.39, 0.29) is 24.3 Å². The predicted molar refractivity (Wildman–Crippen MR) is 127 cm³/mol. The molecule has 1 saturated heterocycles. The maximum Gasteiger partial charge on any atom is 0.250 e. The number of anilines is 1. The first-order chi connectivity index (χ1) is 15.6. The third-order valence-corrected chi connectivity index (χ3v) is 7.15. The van der Waals surface area contributed by atoms with Crippen molar-refractivity contribution in [3.05, 3.63) is 60.2 Å². The molecule has 6 nitrogen and oxygen atoms in total. The van der Waals surface area contributed by atoms with Gasteiger partial charge in [0.05, 0.1) is 5.69 Å². The molecule has 2 aromatic rings. The summed E-state index contributed by atoms with van der Waals surface area (Å²) < 4.78 is 0. The summed E-state index contributed by atoms with van der Waals surface area (Å²) in [6, 6.07) is 17.4. The summed E-state index contributed by atoms with van der Waals surface area (Å²) in [5.41, 5.74) is 1.84. The van der Waals surface area contributed by atoms with Crippen LogP contribution in [0.4, 0.5) is 5.69 Å². The van der Waals surface area contributed by atoms with Crippen molar-refractivity contribution in [3.8, 4) is 0 Å². The molecule has 0 unspecified atom stereocenters. The van der Waals surface area contributed by atoms with Gasteiger partial charge in [0.25, 0.3) is 5.91 Å². The minimum absolute atomic E-state index is 0.0883. The molecule has 4 rings (SSSR count). The molecule has 0 saturated carbocycles. The summed E-state index contributed by atoms with van der Waals surface area (Å²) in [5, 5.41) is 2.08. The lowest BCUT2D eigenvalue weighted by Crippen LogP contribution is -2.52. The fourth-order valence-corrected chi connectivity index (χ4v) is 5.37. The number of nitrogens with zero attached hydrogens (tertiary/aromatic N) is 2. The molecule has 0 spiro atoms. The summed E-state index contributed by atoms with van der Waals surface area (Å²) in [7, 11) is 0. The van der Waals surface area contributed by atoms with Crippen molar-refractivity contribution in [2.45, 2.75) is 42.2 Å². The van der Waals surface area contributed by atoms with Crippen molar-refractivity contribution in [1.82, 2.24) is 10.2 Å². The Balaban J connectivity index is 1.44. The largest absolute Gasteiger partial charge is 0.354 e. The van der Waals surface area contributed by atoms with Crippen LogP contribution in [0.5, 0.6) is 0 Å². The quantitative estimate of drug-likeness (QED) is 0.685. The monoisotopic (exact) mass is 451 g/mol. The highest BCUT2D eigenvalue weighted by molar-refractivity contribution is 8.01. The minimum atomic E-state index is -0.833. The Labute approximate surface area is 193 Å². The van der Waals surface area contributed by atoms with Crippen LogP contribution in [0.3, 0.4) is 0 Å². The second-order valence-corrected chi connectivity index (χ2v) is 9.36. The van der Waals surface area contributed by atoms with Crippen molar-refractivity contribution < 1.29 is 14.4 Å². The number of hydrogen-bond donors (Lipinski definition) is 1. The standard InChI is InChI=1S/C25H29N3O3S/c29-22(26-15-14-19-10-4-3-5-11-19)18-28-20-12-6-7-13-21(20)32-23(25(28)31)24(30)27-16-8-1-2-9-17-27/h3-7,10-13,23H,1-2,8-9,14-18H2,(H,26,29)/t23-/m0/s1. The van der Waals surface area contributed by atoms with Crippen LogP contribution in [0, 0.1) is 0 Å². The average molecular weight is 452 g/mol. The smallest absolute Gasteiger partial charge is 0.250 e. The molecular weight excluding hydrogens is 422 g/mol. The number of hydrogen-bond acceptors (Lipinski definition) is 4. The lowest BCUT2D eigenvalue weighted by molar-refractivity contribution is -0.135. The molecule has 2 aromatic carbocycles. The molecule has 1 atom stereocenters. The molecule has 168 valence electrons. The minimum Gasteiger partial charge on any atom is -0.354 e. The molecule has 2 heterocycles. The second-order valence-electron chi connectivity index (χ2n) is 8.22. The van der Waals surface area contributed by atoms with Crippen LogP contribution >= 0.6 is 11.8 Å². The molecule has 1 fully saturated rings. The zero-order chi connectivity index (χ0) is 22.3. The normalized spacial score (nSPS) is 18.6. The van der Waals surface area contributed by atoms with E-state index in [1.54, 1.807) is 0 Å². The van der Waals surface area contributed by atoms with E-state index in [0.29, 0.717) is 25.3 Å². The lowest BCUT2D eigenvalue weighted by atomic mass is 10.1. The Morgan fingerprint density at radius 1 is 0.938 bits per heavy atom.